The second-order valence-corrected chi connectivity index (χ2v) is 8.70. The molecule has 6 heteroatoms. The Kier molecular flexibility index (Phi) is 6.80. The molecule has 2 aromatic rings. The van der Waals surface area contributed by atoms with Gasteiger partial charge in [0, 0.05) is 29.7 Å². The molecule has 2 aliphatic rings. The van der Waals surface area contributed by atoms with Gasteiger partial charge >= 0.3 is 6.09 Å². The number of piperidine rings is 1. The van der Waals surface area contributed by atoms with Crippen LogP contribution >= 0.6 is 11.6 Å². The Bertz CT molecular complexity index is 853. The summed E-state index contributed by atoms with van der Waals surface area (Å²) in [6.07, 6.45) is 3.06. The minimum absolute atomic E-state index is 0.244. The SMILES string of the molecule is COc1ccc(Cl)c(CC2CCN(CC3COC(=O)N(c4ccccc4)C3)CC2)c1. The van der Waals surface area contributed by atoms with Crippen LogP contribution < -0.4 is 9.64 Å². The third kappa shape index (κ3) is 5.08. The van der Waals surface area contributed by atoms with Crippen LogP contribution in [0.3, 0.4) is 0 Å². The minimum atomic E-state index is -0.244. The minimum Gasteiger partial charge on any atom is -0.497 e. The molecule has 160 valence electrons. The molecule has 1 unspecified atom stereocenters. The van der Waals surface area contributed by atoms with Gasteiger partial charge in [-0.1, -0.05) is 29.8 Å². The van der Waals surface area contributed by atoms with E-state index >= 15 is 0 Å². The average molecular weight is 429 g/mol. The maximum absolute atomic E-state index is 12.2. The molecule has 0 saturated carbocycles. The van der Waals surface area contributed by atoms with Gasteiger partial charge in [-0.05, 0) is 74.2 Å². The Morgan fingerprint density at radius 1 is 1.10 bits per heavy atom. The monoisotopic (exact) mass is 428 g/mol. The molecule has 2 saturated heterocycles. The molecule has 5 nitrogen and oxygen atoms in total. The number of rotatable bonds is 6. The van der Waals surface area contributed by atoms with Crippen molar-refractivity contribution in [2.24, 2.45) is 11.8 Å². The fraction of sp³-hybridized carbons (Fsp3) is 0.458. The Hall–Kier alpha value is -2.24. The number of likely N-dealkylation sites (tertiary alicyclic amines) is 1. The fourth-order valence-electron chi connectivity index (χ4n) is 4.47. The zero-order chi connectivity index (χ0) is 20.9. The van der Waals surface area contributed by atoms with Gasteiger partial charge in [0.25, 0.3) is 0 Å². The maximum Gasteiger partial charge on any atom is 0.414 e. The molecule has 0 N–H and O–H groups in total. The molecule has 0 aromatic heterocycles. The maximum atomic E-state index is 12.2. The van der Waals surface area contributed by atoms with Crippen molar-refractivity contribution in [2.75, 3.05) is 44.8 Å². The Morgan fingerprint density at radius 3 is 2.60 bits per heavy atom. The zero-order valence-electron chi connectivity index (χ0n) is 17.4. The first kappa shape index (κ1) is 21.0. The summed E-state index contributed by atoms with van der Waals surface area (Å²) in [5.74, 6) is 1.82. The normalized spacial score (nSPS) is 20.8. The quantitative estimate of drug-likeness (QED) is 0.657. The van der Waals surface area contributed by atoms with Gasteiger partial charge in [0.05, 0.1) is 13.7 Å². The summed E-state index contributed by atoms with van der Waals surface area (Å²) in [4.78, 5) is 16.5. The second-order valence-electron chi connectivity index (χ2n) is 8.29. The third-order valence-electron chi connectivity index (χ3n) is 6.16. The average Bonchev–Trinajstić information content (AvgIpc) is 2.78. The highest BCUT2D eigenvalue weighted by Crippen LogP contribution is 2.29. The summed E-state index contributed by atoms with van der Waals surface area (Å²) in [6, 6.07) is 15.7. The van der Waals surface area contributed by atoms with Crippen LogP contribution in [0.25, 0.3) is 0 Å². The summed E-state index contributed by atoms with van der Waals surface area (Å²) >= 11 is 6.39. The second kappa shape index (κ2) is 9.71. The fourth-order valence-corrected chi connectivity index (χ4v) is 4.66. The number of ether oxygens (including phenoxy) is 2. The highest BCUT2D eigenvalue weighted by molar-refractivity contribution is 6.31. The number of hydrogen-bond donors (Lipinski definition) is 0. The van der Waals surface area contributed by atoms with E-state index in [0.717, 1.165) is 55.4 Å². The van der Waals surface area contributed by atoms with Crippen molar-refractivity contribution in [3.8, 4) is 5.75 Å². The van der Waals surface area contributed by atoms with Crippen molar-refractivity contribution in [2.45, 2.75) is 19.3 Å². The van der Waals surface area contributed by atoms with Gasteiger partial charge < -0.3 is 14.4 Å². The largest absolute Gasteiger partial charge is 0.497 e. The molecule has 1 amide bonds. The lowest BCUT2D eigenvalue weighted by Crippen LogP contribution is -2.48. The number of cyclic esters (lactones) is 1. The van der Waals surface area contributed by atoms with E-state index < -0.39 is 0 Å². The lowest BCUT2D eigenvalue weighted by Gasteiger charge is -2.37. The number of anilines is 1. The van der Waals surface area contributed by atoms with E-state index in [1.165, 1.54) is 5.56 Å². The molecule has 1 atom stereocenters. The van der Waals surface area contributed by atoms with Crippen molar-refractivity contribution in [3.05, 3.63) is 59.1 Å². The lowest BCUT2D eigenvalue weighted by molar-refractivity contribution is 0.0870. The molecular formula is C24H29ClN2O3. The number of para-hydroxylation sites is 1. The molecule has 0 spiro atoms. The number of carbonyl (C=O) groups is 1. The van der Waals surface area contributed by atoms with E-state index in [1.54, 1.807) is 12.0 Å². The van der Waals surface area contributed by atoms with Crippen LogP contribution in [-0.4, -0.2) is 50.9 Å². The van der Waals surface area contributed by atoms with Crippen molar-refractivity contribution in [3.63, 3.8) is 0 Å². The first-order valence-electron chi connectivity index (χ1n) is 10.7. The van der Waals surface area contributed by atoms with E-state index in [-0.39, 0.29) is 6.09 Å². The molecule has 2 aliphatic heterocycles. The zero-order valence-corrected chi connectivity index (χ0v) is 18.2. The van der Waals surface area contributed by atoms with Crippen molar-refractivity contribution in [1.29, 1.82) is 0 Å². The first-order valence-corrected chi connectivity index (χ1v) is 11.0. The van der Waals surface area contributed by atoms with Gasteiger partial charge in [0.2, 0.25) is 0 Å². The van der Waals surface area contributed by atoms with Crippen molar-refractivity contribution in [1.82, 2.24) is 4.90 Å². The molecule has 0 aliphatic carbocycles. The Labute approximate surface area is 183 Å². The van der Waals surface area contributed by atoms with Gasteiger partial charge in [0.1, 0.15) is 5.75 Å². The van der Waals surface area contributed by atoms with Gasteiger partial charge in [-0.3, -0.25) is 4.90 Å². The molecule has 2 aromatic carbocycles. The van der Waals surface area contributed by atoms with Crippen LogP contribution in [0.2, 0.25) is 5.02 Å². The number of nitrogens with zero attached hydrogens (tertiary/aromatic N) is 2. The number of hydrogen-bond acceptors (Lipinski definition) is 4. The smallest absolute Gasteiger partial charge is 0.414 e. The third-order valence-corrected chi connectivity index (χ3v) is 6.53. The molecule has 2 heterocycles. The number of halogens is 1. The summed E-state index contributed by atoms with van der Waals surface area (Å²) in [5.41, 5.74) is 2.08. The van der Waals surface area contributed by atoms with Crippen LogP contribution in [0.15, 0.2) is 48.5 Å². The first-order chi connectivity index (χ1) is 14.6. The van der Waals surface area contributed by atoms with Gasteiger partial charge in [-0.25, -0.2) is 4.79 Å². The predicted molar refractivity (Wildman–Crippen MR) is 119 cm³/mol. The number of methoxy groups -OCH3 is 1. The summed E-state index contributed by atoms with van der Waals surface area (Å²) in [5, 5.41) is 0.822. The molecule has 2 fully saturated rings. The number of benzene rings is 2. The number of carbonyl (C=O) groups excluding carboxylic acids is 1. The van der Waals surface area contributed by atoms with E-state index in [9.17, 15) is 4.79 Å². The highest BCUT2D eigenvalue weighted by atomic mass is 35.5. The van der Waals surface area contributed by atoms with Crippen LogP contribution in [-0.2, 0) is 11.2 Å². The van der Waals surface area contributed by atoms with Gasteiger partial charge in [0.15, 0.2) is 0 Å². The highest BCUT2D eigenvalue weighted by Gasteiger charge is 2.30. The standard InChI is InChI=1S/C24H29ClN2O3/c1-29-22-7-8-23(25)20(14-22)13-18-9-11-26(12-10-18)15-19-16-27(24(28)30-17-19)21-5-3-2-4-6-21/h2-8,14,18-19H,9-13,15-17H2,1H3. The van der Waals surface area contributed by atoms with Crippen LogP contribution in [0.4, 0.5) is 10.5 Å². The van der Waals surface area contributed by atoms with Crippen LogP contribution in [0.1, 0.15) is 18.4 Å². The summed E-state index contributed by atoms with van der Waals surface area (Å²) < 4.78 is 10.8. The molecule has 0 bridgehead atoms. The summed E-state index contributed by atoms with van der Waals surface area (Å²) in [6.45, 7) is 4.32. The molecular weight excluding hydrogens is 400 g/mol. The van der Waals surface area contributed by atoms with Crippen molar-refractivity contribution < 1.29 is 14.3 Å². The number of amides is 1. The Morgan fingerprint density at radius 2 is 1.87 bits per heavy atom. The van der Waals surface area contributed by atoms with Crippen LogP contribution in [0, 0.1) is 11.8 Å². The molecule has 0 radical (unpaired) electrons. The molecule has 4 rings (SSSR count). The van der Waals surface area contributed by atoms with E-state index in [2.05, 4.69) is 11.0 Å². The predicted octanol–water partition coefficient (Wildman–Crippen LogP) is 4.88. The van der Waals surface area contributed by atoms with Gasteiger partial charge in [-0.15, -0.1) is 0 Å². The Balaban J connectivity index is 1.28. The van der Waals surface area contributed by atoms with E-state index in [4.69, 9.17) is 21.1 Å². The van der Waals surface area contributed by atoms with E-state index in [0.29, 0.717) is 25.0 Å². The van der Waals surface area contributed by atoms with Crippen molar-refractivity contribution >= 4 is 23.4 Å². The molecule has 30 heavy (non-hydrogen) atoms. The van der Waals surface area contributed by atoms with E-state index in [1.807, 2.05) is 42.5 Å². The van der Waals surface area contributed by atoms with Gasteiger partial charge in [-0.2, -0.15) is 0 Å². The summed E-state index contributed by atoms with van der Waals surface area (Å²) in [7, 11) is 1.69. The lowest BCUT2D eigenvalue weighted by atomic mass is 9.89. The van der Waals surface area contributed by atoms with Crippen LogP contribution in [0.5, 0.6) is 5.75 Å². The topological polar surface area (TPSA) is 42.0 Å².